The molecule has 0 heterocycles. The Labute approximate surface area is 46.4 Å². The summed E-state index contributed by atoms with van der Waals surface area (Å²) in [7, 11) is 0.728. The average molecular weight is 118 g/mol. The van der Waals surface area contributed by atoms with Gasteiger partial charge in [-0.2, -0.15) is 0 Å². The second kappa shape index (κ2) is 4.02. The van der Waals surface area contributed by atoms with Gasteiger partial charge in [-0.1, -0.05) is 0 Å². The Kier molecular flexibility index (Phi) is 3.93. The quantitative estimate of drug-likeness (QED) is 0.360. The molecule has 0 radical (unpaired) electrons. The van der Waals surface area contributed by atoms with Crippen LogP contribution in [-0.4, -0.2) is 22.9 Å². The molecule has 0 fully saturated rings. The normalized spacial score (nSPS) is 13.9. The number of hydrogen-bond donors (Lipinski definition) is 0. The molecule has 0 aliphatic heterocycles. The van der Waals surface area contributed by atoms with Gasteiger partial charge in [-0.15, -0.1) is 0 Å². The summed E-state index contributed by atoms with van der Waals surface area (Å²) in [6.45, 7) is 1.89. The van der Waals surface area contributed by atoms with Gasteiger partial charge in [0, 0.05) is 12.5 Å². The first-order valence-corrected chi connectivity index (χ1v) is 3.09. The maximum absolute atomic E-state index is 9.71. The molecule has 0 rings (SSSR count). The first-order valence-electron chi connectivity index (χ1n) is 2.27. The Bertz CT molecular complexity index is 55.7. The Morgan fingerprint density at radius 1 is 2.00 bits per heavy atom. The zero-order chi connectivity index (χ0) is 5.70. The van der Waals surface area contributed by atoms with Crippen LogP contribution in [0.1, 0.15) is 13.3 Å². The predicted molar refractivity (Wildman–Crippen MR) is 31.2 cm³/mol. The van der Waals surface area contributed by atoms with Crippen molar-refractivity contribution >= 4 is 16.8 Å². The lowest BCUT2D eigenvalue weighted by molar-refractivity contribution is -0.109. The maximum Gasteiger partial charge on any atom is 0.146 e. The lowest BCUT2D eigenvalue weighted by Crippen LogP contribution is -2.04. The third-order valence-electron chi connectivity index (χ3n) is 0.831. The monoisotopic (exact) mass is 118 g/mol. The van der Waals surface area contributed by atoms with Crippen LogP contribution in [0.25, 0.3) is 0 Å². The van der Waals surface area contributed by atoms with Gasteiger partial charge < -0.3 is 9.22 Å². The minimum Gasteiger partial charge on any atom is -0.425 e. The molecule has 0 spiro atoms. The van der Waals surface area contributed by atoms with Gasteiger partial charge in [-0.3, -0.25) is 0 Å². The third-order valence-corrected chi connectivity index (χ3v) is 1.64. The third kappa shape index (κ3) is 3.68. The highest BCUT2D eigenvalue weighted by Crippen LogP contribution is 1.88. The van der Waals surface area contributed by atoms with Crippen molar-refractivity contribution in [1.29, 1.82) is 0 Å². The van der Waals surface area contributed by atoms with Crippen molar-refractivity contribution in [2.45, 2.75) is 19.4 Å². The number of carbonyl (C=O) groups is 1. The molecule has 0 aromatic carbocycles. The van der Waals surface area contributed by atoms with Crippen LogP contribution in [0, 0.1) is 0 Å². The molecule has 0 aromatic heterocycles. The SMILES string of the molecule is CC(CC=O)O[SiH3]. The summed E-state index contributed by atoms with van der Waals surface area (Å²) in [6.07, 6.45) is 1.55. The summed E-state index contributed by atoms with van der Waals surface area (Å²) in [5.74, 6) is 0. The van der Waals surface area contributed by atoms with Gasteiger partial charge in [0.25, 0.3) is 0 Å². The fourth-order valence-electron chi connectivity index (χ4n) is 0.232. The van der Waals surface area contributed by atoms with Crippen LogP contribution in [0.15, 0.2) is 0 Å². The number of rotatable bonds is 3. The van der Waals surface area contributed by atoms with Crippen LogP contribution in [0.2, 0.25) is 0 Å². The summed E-state index contributed by atoms with van der Waals surface area (Å²) < 4.78 is 4.90. The van der Waals surface area contributed by atoms with Gasteiger partial charge in [0.15, 0.2) is 0 Å². The van der Waals surface area contributed by atoms with E-state index in [0.717, 1.165) is 16.8 Å². The van der Waals surface area contributed by atoms with E-state index in [1.54, 1.807) is 0 Å². The lowest BCUT2D eigenvalue weighted by Gasteiger charge is -2.01. The molecular weight excluding hydrogens is 108 g/mol. The van der Waals surface area contributed by atoms with E-state index in [0.29, 0.717) is 6.42 Å². The van der Waals surface area contributed by atoms with Crippen LogP contribution >= 0.6 is 0 Å². The Hall–Kier alpha value is -0.153. The van der Waals surface area contributed by atoms with E-state index < -0.39 is 0 Å². The van der Waals surface area contributed by atoms with Gasteiger partial charge >= 0.3 is 0 Å². The molecule has 0 aliphatic rings. The fourth-order valence-corrected chi connectivity index (χ4v) is 0.424. The molecular formula is C4H10O2Si. The molecule has 7 heavy (non-hydrogen) atoms. The van der Waals surface area contributed by atoms with Crippen molar-refractivity contribution in [2.24, 2.45) is 0 Å². The van der Waals surface area contributed by atoms with Gasteiger partial charge in [0.05, 0.1) is 0 Å². The van der Waals surface area contributed by atoms with E-state index in [9.17, 15) is 4.79 Å². The summed E-state index contributed by atoms with van der Waals surface area (Å²) >= 11 is 0. The van der Waals surface area contributed by atoms with E-state index in [1.807, 2.05) is 6.92 Å². The summed E-state index contributed by atoms with van der Waals surface area (Å²) in [4.78, 5) is 9.71. The summed E-state index contributed by atoms with van der Waals surface area (Å²) in [6, 6.07) is 0. The second-order valence-electron chi connectivity index (χ2n) is 1.45. The molecule has 0 aromatic rings. The Balaban J connectivity index is 2.98. The van der Waals surface area contributed by atoms with Crippen LogP contribution < -0.4 is 0 Å². The molecule has 0 N–H and O–H groups in total. The van der Waals surface area contributed by atoms with Crippen molar-refractivity contribution in [3.05, 3.63) is 0 Å². The molecule has 3 heteroatoms. The van der Waals surface area contributed by atoms with Crippen LogP contribution in [-0.2, 0) is 9.22 Å². The van der Waals surface area contributed by atoms with Crippen molar-refractivity contribution < 1.29 is 9.22 Å². The van der Waals surface area contributed by atoms with Crippen LogP contribution in [0.4, 0.5) is 0 Å². The van der Waals surface area contributed by atoms with Gasteiger partial charge in [-0.05, 0) is 6.92 Å². The topological polar surface area (TPSA) is 26.3 Å². The largest absolute Gasteiger partial charge is 0.425 e. The van der Waals surface area contributed by atoms with Gasteiger partial charge in [0.1, 0.15) is 16.8 Å². The van der Waals surface area contributed by atoms with Gasteiger partial charge in [0.2, 0.25) is 0 Å². The molecule has 0 saturated heterocycles. The molecule has 0 saturated carbocycles. The fraction of sp³-hybridized carbons (Fsp3) is 0.750. The molecule has 42 valence electrons. The van der Waals surface area contributed by atoms with E-state index >= 15 is 0 Å². The second-order valence-corrected chi connectivity index (χ2v) is 1.92. The van der Waals surface area contributed by atoms with Gasteiger partial charge in [-0.25, -0.2) is 0 Å². The van der Waals surface area contributed by atoms with Crippen molar-refractivity contribution in [3.63, 3.8) is 0 Å². The highest BCUT2D eigenvalue weighted by Gasteiger charge is 1.92. The highest BCUT2D eigenvalue weighted by atomic mass is 28.2. The van der Waals surface area contributed by atoms with E-state index in [1.165, 1.54) is 0 Å². The molecule has 1 unspecified atom stereocenters. The highest BCUT2D eigenvalue weighted by molar-refractivity contribution is 5.98. The van der Waals surface area contributed by atoms with E-state index in [-0.39, 0.29) is 6.10 Å². The molecule has 2 nitrogen and oxygen atoms in total. The van der Waals surface area contributed by atoms with E-state index in [4.69, 9.17) is 4.43 Å². The average Bonchev–Trinajstić information content (AvgIpc) is 1.68. The Morgan fingerprint density at radius 2 is 2.57 bits per heavy atom. The number of aldehydes is 1. The minimum absolute atomic E-state index is 0.143. The first-order chi connectivity index (χ1) is 3.31. The molecule has 0 aliphatic carbocycles. The minimum atomic E-state index is 0.143. The smallest absolute Gasteiger partial charge is 0.146 e. The standard InChI is InChI=1S/C4H10O2Si/c1-4(6-7)2-3-5/h3-4H,2H2,1,7H3. The zero-order valence-electron chi connectivity index (χ0n) is 4.68. The van der Waals surface area contributed by atoms with E-state index in [2.05, 4.69) is 0 Å². The van der Waals surface area contributed by atoms with Crippen LogP contribution in [0.3, 0.4) is 0 Å². The van der Waals surface area contributed by atoms with Crippen LogP contribution in [0.5, 0.6) is 0 Å². The number of carbonyl (C=O) groups excluding carboxylic acids is 1. The first kappa shape index (κ1) is 6.85. The number of hydrogen-bond acceptors (Lipinski definition) is 2. The molecule has 0 amide bonds. The summed E-state index contributed by atoms with van der Waals surface area (Å²) in [5.41, 5.74) is 0. The predicted octanol–water partition coefficient (Wildman–Crippen LogP) is -0.739. The molecule has 1 atom stereocenters. The summed E-state index contributed by atoms with van der Waals surface area (Å²) in [5, 5.41) is 0. The lowest BCUT2D eigenvalue weighted by atomic mass is 10.3. The Morgan fingerprint density at radius 3 is 2.71 bits per heavy atom. The van der Waals surface area contributed by atoms with Crippen molar-refractivity contribution in [1.82, 2.24) is 0 Å². The zero-order valence-corrected chi connectivity index (χ0v) is 6.68. The van der Waals surface area contributed by atoms with Crippen molar-refractivity contribution in [2.75, 3.05) is 0 Å². The molecule has 0 bridgehead atoms. The van der Waals surface area contributed by atoms with Crippen molar-refractivity contribution in [3.8, 4) is 0 Å². The maximum atomic E-state index is 9.71.